The molecule has 1 aliphatic rings. The van der Waals surface area contributed by atoms with E-state index in [9.17, 15) is 24.4 Å². The van der Waals surface area contributed by atoms with Gasteiger partial charge in [-0.15, -0.1) is 0 Å². The number of hydrogen-bond donors (Lipinski definition) is 5. The maximum atomic E-state index is 13.5. The second kappa shape index (κ2) is 16.1. The first-order valence-electron chi connectivity index (χ1n) is 13.9. The number of ether oxygens (including phenoxy) is 1. The third kappa shape index (κ3) is 10.5. The molecular weight excluding hydrogens is 543 g/mol. The van der Waals surface area contributed by atoms with Crippen LogP contribution in [-0.4, -0.2) is 76.1 Å². The van der Waals surface area contributed by atoms with Crippen LogP contribution in [0.2, 0.25) is 0 Å². The third-order valence-electron chi connectivity index (χ3n) is 6.80. The van der Waals surface area contributed by atoms with Crippen molar-refractivity contribution in [3.63, 3.8) is 0 Å². The zero-order valence-electron chi connectivity index (χ0n) is 23.5. The molecule has 1 heterocycles. The van der Waals surface area contributed by atoms with Gasteiger partial charge in [0.25, 0.3) is 0 Å². The second-order valence-corrected chi connectivity index (χ2v) is 11.0. The highest BCUT2D eigenvalue weighted by Gasteiger charge is 2.36. The lowest BCUT2D eigenvalue weighted by molar-refractivity contribution is -0.137. The highest BCUT2D eigenvalue weighted by Crippen LogP contribution is 2.18. The number of alkyl carbamates (subject to hydrolysis) is 1. The van der Waals surface area contributed by atoms with E-state index in [0.717, 1.165) is 11.1 Å². The summed E-state index contributed by atoms with van der Waals surface area (Å²) in [4.78, 5) is 40.3. The van der Waals surface area contributed by atoms with Crippen LogP contribution in [0.3, 0.4) is 0 Å². The van der Waals surface area contributed by atoms with E-state index in [0.29, 0.717) is 32.2 Å². The Kier molecular flexibility index (Phi) is 12.6. The van der Waals surface area contributed by atoms with Gasteiger partial charge in [-0.1, -0.05) is 86.7 Å². The molecule has 1 aliphatic heterocycles. The molecule has 220 valence electrons. The molecule has 0 spiro atoms. The fourth-order valence-corrected chi connectivity index (χ4v) is 5.03. The van der Waals surface area contributed by atoms with Gasteiger partial charge in [0.05, 0.1) is 17.0 Å². The quantitative estimate of drug-likeness (QED) is 0.179. The van der Waals surface area contributed by atoms with E-state index in [-0.39, 0.29) is 35.9 Å². The van der Waals surface area contributed by atoms with Crippen molar-refractivity contribution in [2.75, 3.05) is 13.1 Å². The van der Waals surface area contributed by atoms with Gasteiger partial charge in [-0.3, -0.25) is 9.59 Å². The van der Waals surface area contributed by atoms with Gasteiger partial charge in [-0.2, -0.15) is 0 Å². The van der Waals surface area contributed by atoms with Crippen molar-refractivity contribution in [1.82, 2.24) is 20.9 Å². The Morgan fingerprint density at radius 1 is 1.02 bits per heavy atom. The van der Waals surface area contributed by atoms with Crippen molar-refractivity contribution >= 4 is 42.2 Å². The number of carbonyl (C=O) groups is 3. The lowest BCUT2D eigenvalue weighted by Crippen LogP contribution is -2.57. The number of hydrogen-bond acceptors (Lipinski definition) is 7. The lowest BCUT2D eigenvalue weighted by atomic mass is 9.75. The van der Waals surface area contributed by atoms with Crippen LogP contribution in [0.4, 0.5) is 4.79 Å². The Labute approximate surface area is 247 Å². The average molecular weight is 583 g/mol. The first kappa shape index (κ1) is 32.0. The van der Waals surface area contributed by atoms with E-state index >= 15 is 0 Å². The van der Waals surface area contributed by atoms with E-state index in [1.54, 1.807) is 0 Å². The van der Waals surface area contributed by atoms with Crippen LogP contribution in [-0.2, 0) is 27.4 Å². The average Bonchev–Trinajstić information content (AvgIpc) is 3.45. The van der Waals surface area contributed by atoms with Crippen molar-refractivity contribution in [1.29, 1.82) is 0 Å². The first-order chi connectivity index (χ1) is 19.6. The molecule has 0 radical (unpaired) electrons. The van der Waals surface area contributed by atoms with Gasteiger partial charge < -0.3 is 35.6 Å². The summed E-state index contributed by atoms with van der Waals surface area (Å²) in [5, 5.41) is 28.2. The summed E-state index contributed by atoms with van der Waals surface area (Å²) in [6.07, 6.45) is 1.24. The van der Waals surface area contributed by atoms with Gasteiger partial charge in [0.2, 0.25) is 11.8 Å². The predicted octanol–water partition coefficient (Wildman–Crippen LogP) is 1.98. The summed E-state index contributed by atoms with van der Waals surface area (Å²) >= 11 is 5.64. The Balaban J connectivity index is 1.61. The molecule has 41 heavy (non-hydrogen) atoms. The van der Waals surface area contributed by atoms with E-state index < -0.39 is 31.2 Å². The standard InChI is InChI=1S/C29H39BN4O6S/c1-20(2)16-25(30(38)39)33-28(41)23(17-21-10-5-3-6-11-21)32-27(36)24-14-9-15-34(24)26(35)18-31-29(37)40-19-22-12-7-4-8-13-22/h3-8,10-13,20,23-25,38-39H,9,14-19H2,1-2H3,(H,31,37)(H,32,36)(H,33,41)/t23-,24-,25-/m0/s1. The normalized spacial score (nSPS) is 16.0. The summed E-state index contributed by atoms with van der Waals surface area (Å²) in [6.45, 7) is 4.10. The van der Waals surface area contributed by atoms with Crippen LogP contribution in [0.25, 0.3) is 0 Å². The number of nitrogens with zero attached hydrogens (tertiary/aromatic N) is 1. The van der Waals surface area contributed by atoms with Crippen LogP contribution in [0.5, 0.6) is 0 Å². The molecule has 3 amide bonds. The molecule has 0 unspecified atom stereocenters. The highest BCUT2D eigenvalue weighted by atomic mass is 32.1. The number of carbonyl (C=O) groups excluding carboxylic acids is 3. The summed E-state index contributed by atoms with van der Waals surface area (Å²) in [5.41, 5.74) is 1.76. The summed E-state index contributed by atoms with van der Waals surface area (Å²) in [5.74, 6) is -1.27. The lowest BCUT2D eigenvalue weighted by Gasteiger charge is -2.29. The fourth-order valence-electron chi connectivity index (χ4n) is 4.73. The molecule has 0 aromatic heterocycles. The van der Waals surface area contributed by atoms with Crippen LogP contribution < -0.4 is 16.0 Å². The summed E-state index contributed by atoms with van der Waals surface area (Å²) < 4.78 is 5.17. The van der Waals surface area contributed by atoms with E-state index in [2.05, 4.69) is 16.0 Å². The summed E-state index contributed by atoms with van der Waals surface area (Å²) in [6, 6.07) is 17.3. The molecule has 10 nitrogen and oxygen atoms in total. The topological polar surface area (TPSA) is 140 Å². The van der Waals surface area contributed by atoms with Crippen molar-refractivity contribution < 1.29 is 29.2 Å². The minimum atomic E-state index is -1.63. The van der Waals surface area contributed by atoms with Crippen LogP contribution >= 0.6 is 12.2 Å². The van der Waals surface area contributed by atoms with E-state index in [1.807, 2.05) is 74.5 Å². The fraction of sp³-hybridized carbons (Fsp3) is 0.448. The Morgan fingerprint density at radius 3 is 2.27 bits per heavy atom. The Hall–Kier alpha value is -3.48. The highest BCUT2D eigenvalue weighted by molar-refractivity contribution is 7.80. The smallest absolute Gasteiger partial charge is 0.445 e. The van der Waals surface area contributed by atoms with Gasteiger partial charge in [0, 0.05) is 6.54 Å². The number of nitrogens with one attached hydrogen (secondary N) is 3. The van der Waals surface area contributed by atoms with E-state index in [4.69, 9.17) is 17.0 Å². The summed E-state index contributed by atoms with van der Waals surface area (Å²) in [7, 11) is -1.63. The van der Waals surface area contributed by atoms with Gasteiger partial charge >= 0.3 is 13.2 Å². The number of rotatable bonds is 13. The van der Waals surface area contributed by atoms with Gasteiger partial charge in [0.1, 0.15) is 19.2 Å². The predicted molar refractivity (Wildman–Crippen MR) is 161 cm³/mol. The third-order valence-corrected chi connectivity index (χ3v) is 7.20. The number of thiocarbonyl (C=S) groups is 1. The maximum Gasteiger partial charge on any atom is 0.475 e. The van der Waals surface area contributed by atoms with Gasteiger partial charge in [-0.25, -0.2) is 4.79 Å². The Bertz CT molecular complexity index is 1150. The largest absolute Gasteiger partial charge is 0.475 e. The van der Waals surface area contributed by atoms with Crippen molar-refractivity contribution in [3.05, 3.63) is 71.8 Å². The molecule has 3 rings (SSSR count). The molecule has 3 atom stereocenters. The van der Waals surface area contributed by atoms with Crippen LogP contribution in [0.1, 0.15) is 44.2 Å². The molecule has 2 aromatic rings. The van der Waals surface area contributed by atoms with Crippen LogP contribution in [0, 0.1) is 5.92 Å². The molecule has 0 saturated carbocycles. The number of amides is 3. The monoisotopic (exact) mass is 582 g/mol. The number of benzene rings is 2. The van der Waals surface area contributed by atoms with Gasteiger partial charge in [-0.05, 0) is 42.7 Å². The second-order valence-electron chi connectivity index (χ2n) is 10.6. The molecule has 0 bridgehead atoms. The van der Waals surface area contributed by atoms with Crippen molar-refractivity contribution in [3.8, 4) is 0 Å². The van der Waals surface area contributed by atoms with Crippen LogP contribution in [0.15, 0.2) is 60.7 Å². The zero-order valence-corrected chi connectivity index (χ0v) is 24.3. The Morgan fingerprint density at radius 2 is 1.66 bits per heavy atom. The van der Waals surface area contributed by atoms with Crippen molar-refractivity contribution in [2.45, 2.75) is 64.2 Å². The number of likely N-dealkylation sites (tertiary alicyclic amines) is 1. The molecule has 0 aliphatic carbocycles. The first-order valence-corrected chi connectivity index (χ1v) is 14.3. The molecule has 12 heteroatoms. The van der Waals surface area contributed by atoms with Crippen molar-refractivity contribution in [2.24, 2.45) is 5.92 Å². The maximum absolute atomic E-state index is 13.5. The molecular formula is C29H39BN4O6S. The molecule has 2 aromatic carbocycles. The zero-order chi connectivity index (χ0) is 29.8. The molecule has 1 saturated heterocycles. The molecule has 1 fully saturated rings. The SMILES string of the molecule is CC(C)C[C@H](NC(=S)[C@H](Cc1ccccc1)NC(=O)[C@@H]1CCCN1C(=O)CNC(=O)OCc1ccccc1)B(O)O. The molecule has 5 N–H and O–H groups in total. The van der Waals surface area contributed by atoms with E-state index in [1.165, 1.54) is 4.90 Å². The van der Waals surface area contributed by atoms with Gasteiger partial charge in [0.15, 0.2) is 0 Å². The minimum absolute atomic E-state index is 0.0810. The minimum Gasteiger partial charge on any atom is -0.445 e.